The van der Waals surface area contributed by atoms with Crippen LogP contribution in [0.2, 0.25) is 0 Å². The van der Waals surface area contributed by atoms with Gasteiger partial charge in [0.1, 0.15) is 0 Å². The summed E-state index contributed by atoms with van der Waals surface area (Å²) in [7, 11) is 1.42. The fourth-order valence-electron chi connectivity index (χ4n) is 2.22. The molecule has 120 valence electrons. The standard InChI is InChI=1S/C16H13N5O3/c1-9-6-10(2)21-16(18-9)19-14(20-21)15(22)24-12-5-4-11(8-17)7-13(12)23-3/h4-7H,1-3H3. The summed E-state index contributed by atoms with van der Waals surface area (Å²) in [5, 5.41) is 13.0. The third-order valence-electron chi connectivity index (χ3n) is 3.30. The van der Waals surface area contributed by atoms with Crippen molar-refractivity contribution < 1.29 is 14.3 Å². The average Bonchev–Trinajstić information content (AvgIpc) is 2.99. The van der Waals surface area contributed by atoms with Crippen molar-refractivity contribution in [2.75, 3.05) is 7.11 Å². The van der Waals surface area contributed by atoms with E-state index in [9.17, 15) is 4.79 Å². The number of aryl methyl sites for hydroxylation is 2. The lowest BCUT2D eigenvalue weighted by atomic mass is 10.2. The molecule has 0 saturated heterocycles. The van der Waals surface area contributed by atoms with Gasteiger partial charge in [0, 0.05) is 17.5 Å². The number of nitrogens with zero attached hydrogens (tertiary/aromatic N) is 5. The van der Waals surface area contributed by atoms with E-state index in [2.05, 4.69) is 15.1 Å². The van der Waals surface area contributed by atoms with Crippen molar-refractivity contribution in [3.63, 3.8) is 0 Å². The van der Waals surface area contributed by atoms with Crippen molar-refractivity contribution in [1.29, 1.82) is 5.26 Å². The molecule has 0 amide bonds. The Balaban J connectivity index is 1.93. The maximum absolute atomic E-state index is 12.3. The fraction of sp³-hybridized carbons (Fsp3) is 0.188. The zero-order chi connectivity index (χ0) is 17.3. The first kappa shape index (κ1) is 15.4. The lowest BCUT2D eigenvalue weighted by molar-refractivity contribution is 0.0717. The first-order chi connectivity index (χ1) is 11.5. The highest BCUT2D eigenvalue weighted by atomic mass is 16.6. The van der Waals surface area contributed by atoms with E-state index in [0.717, 1.165) is 11.4 Å². The van der Waals surface area contributed by atoms with Gasteiger partial charge in [-0.1, -0.05) is 0 Å². The molecule has 2 heterocycles. The minimum atomic E-state index is -0.736. The van der Waals surface area contributed by atoms with E-state index in [1.165, 1.54) is 29.8 Å². The number of esters is 1. The number of hydrogen-bond acceptors (Lipinski definition) is 7. The summed E-state index contributed by atoms with van der Waals surface area (Å²) in [4.78, 5) is 20.6. The van der Waals surface area contributed by atoms with E-state index >= 15 is 0 Å². The van der Waals surface area contributed by atoms with Crippen LogP contribution in [-0.2, 0) is 0 Å². The minimum Gasteiger partial charge on any atom is -0.493 e. The number of rotatable bonds is 3. The Bertz CT molecular complexity index is 987. The topological polar surface area (TPSA) is 102 Å². The van der Waals surface area contributed by atoms with Crippen LogP contribution in [0.25, 0.3) is 5.78 Å². The molecular weight excluding hydrogens is 310 g/mol. The van der Waals surface area contributed by atoms with Crippen LogP contribution in [0.1, 0.15) is 27.6 Å². The molecule has 2 aromatic heterocycles. The molecule has 0 N–H and O–H groups in total. The van der Waals surface area contributed by atoms with Gasteiger partial charge >= 0.3 is 5.97 Å². The van der Waals surface area contributed by atoms with Gasteiger partial charge in [-0.2, -0.15) is 10.2 Å². The first-order valence-electron chi connectivity index (χ1n) is 7.03. The Hall–Kier alpha value is -3.47. The van der Waals surface area contributed by atoms with Gasteiger partial charge in [-0.15, -0.1) is 5.10 Å². The minimum absolute atomic E-state index is 0.109. The number of carbonyl (C=O) groups excluding carboxylic acids is 1. The predicted octanol–water partition coefficient (Wildman–Crippen LogP) is 1.84. The zero-order valence-electron chi connectivity index (χ0n) is 13.3. The van der Waals surface area contributed by atoms with Crippen LogP contribution in [0.3, 0.4) is 0 Å². The number of carbonyl (C=O) groups is 1. The molecule has 0 aliphatic rings. The molecule has 1 aromatic carbocycles. The van der Waals surface area contributed by atoms with Crippen molar-refractivity contribution in [3.8, 4) is 17.6 Å². The Kier molecular flexibility index (Phi) is 3.83. The maximum Gasteiger partial charge on any atom is 0.383 e. The zero-order valence-corrected chi connectivity index (χ0v) is 13.3. The summed E-state index contributed by atoms with van der Waals surface area (Å²) in [5.74, 6) is -0.0630. The molecule has 0 radical (unpaired) electrons. The molecule has 0 fully saturated rings. The predicted molar refractivity (Wildman–Crippen MR) is 82.9 cm³/mol. The van der Waals surface area contributed by atoms with Gasteiger partial charge in [0.25, 0.3) is 11.6 Å². The van der Waals surface area contributed by atoms with Gasteiger partial charge in [-0.3, -0.25) is 0 Å². The average molecular weight is 323 g/mol. The number of hydrogen-bond donors (Lipinski definition) is 0. The Morgan fingerprint density at radius 1 is 1.21 bits per heavy atom. The molecule has 3 rings (SSSR count). The molecular formula is C16H13N5O3. The molecule has 0 unspecified atom stereocenters. The van der Waals surface area contributed by atoms with Crippen molar-refractivity contribution in [2.24, 2.45) is 0 Å². The highest BCUT2D eigenvalue weighted by molar-refractivity contribution is 5.88. The SMILES string of the molecule is COc1cc(C#N)ccc1OC(=O)c1nc2nc(C)cc(C)n2n1. The summed E-state index contributed by atoms with van der Waals surface area (Å²) in [6, 6.07) is 8.31. The van der Waals surface area contributed by atoms with E-state index in [4.69, 9.17) is 14.7 Å². The molecule has 0 spiro atoms. The van der Waals surface area contributed by atoms with Crippen LogP contribution >= 0.6 is 0 Å². The molecule has 0 atom stereocenters. The number of methoxy groups -OCH3 is 1. The number of nitriles is 1. The smallest absolute Gasteiger partial charge is 0.383 e. The Morgan fingerprint density at radius 3 is 2.71 bits per heavy atom. The van der Waals surface area contributed by atoms with E-state index < -0.39 is 5.97 Å². The number of aromatic nitrogens is 4. The molecule has 8 nitrogen and oxygen atoms in total. The monoisotopic (exact) mass is 323 g/mol. The molecule has 0 aliphatic carbocycles. The highest BCUT2D eigenvalue weighted by Gasteiger charge is 2.19. The fourth-order valence-corrected chi connectivity index (χ4v) is 2.22. The molecule has 24 heavy (non-hydrogen) atoms. The maximum atomic E-state index is 12.3. The van der Waals surface area contributed by atoms with Crippen LogP contribution in [0, 0.1) is 25.2 Å². The quantitative estimate of drug-likeness (QED) is 0.535. The van der Waals surface area contributed by atoms with Crippen LogP contribution in [0.5, 0.6) is 11.5 Å². The van der Waals surface area contributed by atoms with Crippen LogP contribution < -0.4 is 9.47 Å². The van der Waals surface area contributed by atoms with Crippen LogP contribution in [-0.4, -0.2) is 32.7 Å². The summed E-state index contributed by atoms with van der Waals surface area (Å²) >= 11 is 0. The van der Waals surface area contributed by atoms with E-state index in [-0.39, 0.29) is 17.3 Å². The number of benzene rings is 1. The van der Waals surface area contributed by atoms with Gasteiger partial charge in [-0.05, 0) is 32.0 Å². The second-order valence-corrected chi connectivity index (χ2v) is 5.05. The van der Waals surface area contributed by atoms with Crippen molar-refractivity contribution in [1.82, 2.24) is 19.6 Å². The van der Waals surface area contributed by atoms with Gasteiger partial charge < -0.3 is 9.47 Å². The first-order valence-corrected chi connectivity index (χ1v) is 7.03. The molecule has 0 aliphatic heterocycles. The third kappa shape index (κ3) is 2.75. The third-order valence-corrected chi connectivity index (χ3v) is 3.30. The molecule has 3 aromatic rings. The van der Waals surface area contributed by atoms with Crippen molar-refractivity contribution >= 4 is 11.7 Å². The molecule has 8 heteroatoms. The number of ether oxygens (including phenoxy) is 2. The van der Waals surface area contributed by atoms with Gasteiger partial charge in [-0.25, -0.2) is 14.3 Å². The van der Waals surface area contributed by atoms with E-state index in [0.29, 0.717) is 11.3 Å². The van der Waals surface area contributed by atoms with Gasteiger partial charge in [0.05, 0.1) is 18.7 Å². The summed E-state index contributed by atoms with van der Waals surface area (Å²) in [5.41, 5.74) is 1.98. The van der Waals surface area contributed by atoms with Crippen molar-refractivity contribution in [3.05, 3.63) is 47.0 Å². The summed E-state index contributed by atoms with van der Waals surface area (Å²) in [6.07, 6.45) is 0. The molecule has 0 saturated carbocycles. The van der Waals surface area contributed by atoms with Crippen molar-refractivity contribution in [2.45, 2.75) is 13.8 Å². The van der Waals surface area contributed by atoms with E-state index in [1.807, 2.05) is 26.0 Å². The van der Waals surface area contributed by atoms with Gasteiger partial charge in [0.2, 0.25) is 0 Å². The summed E-state index contributed by atoms with van der Waals surface area (Å²) in [6.45, 7) is 3.68. The lowest BCUT2D eigenvalue weighted by Gasteiger charge is -2.07. The van der Waals surface area contributed by atoms with Gasteiger partial charge in [0.15, 0.2) is 11.5 Å². The second-order valence-electron chi connectivity index (χ2n) is 5.05. The van der Waals surface area contributed by atoms with Crippen LogP contribution in [0.4, 0.5) is 0 Å². The second kappa shape index (κ2) is 5.96. The Labute approximate surface area is 137 Å². The lowest BCUT2D eigenvalue weighted by Crippen LogP contribution is -2.11. The normalized spacial score (nSPS) is 10.4. The summed E-state index contributed by atoms with van der Waals surface area (Å²) < 4.78 is 11.9. The largest absolute Gasteiger partial charge is 0.493 e. The van der Waals surface area contributed by atoms with Crippen LogP contribution in [0.15, 0.2) is 24.3 Å². The Morgan fingerprint density at radius 2 is 2.00 bits per heavy atom. The highest BCUT2D eigenvalue weighted by Crippen LogP contribution is 2.28. The van der Waals surface area contributed by atoms with E-state index in [1.54, 1.807) is 0 Å². The number of fused-ring (bicyclic) bond motifs is 1. The molecule has 0 bridgehead atoms.